The van der Waals surface area contributed by atoms with Crippen LogP contribution in [0.1, 0.15) is 23.3 Å². The molecule has 1 aliphatic rings. The summed E-state index contributed by atoms with van der Waals surface area (Å²) in [4.78, 5) is 34.3. The van der Waals surface area contributed by atoms with Crippen LogP contribution in [-0.2, 0) is 24.2 Å². The molecule has 0 radical (unpaired) electrons. The number of nitrogens with one attached hydrogen (secondary N) is 1. The zero-order chi connectivity index (χ0) is 23.2. The van der Waals surface area contributed by atoms with Gasteiger partial charge in [-0.25, -0.2) is 9.78 Å². The maximum absolute atomic E-state index is 13.6. The van der Waals surface area contributed by atoms with Crippen molar-refractivity contribution in [2.24, 2.45) is 0 Å². The van der Waals surface area contributed by atoms with Crippen LogP contribution >= 0.6 is 22.7 Å². The molecule has 0 atom stereocenters. The molecule has 0 spiro atoms. The summed E-state index contributed by atoms with van der Waals surface area (Å²) in [6.07, 6.45) is 4.16. The second-order valence-corrected chi connectivity index (χ2v) is 10.2. The number of methoxy groups -OCH3 is 1. The molecule has 0 fully saturated rings. The summed E-state index contributed by atoms with van der Waals surface area (Å²) in [5.74, 6) is 0.886. The predicted molar refractivity (Wildman–Crippen MR) is 134 cm³/mol. The van der Waals surface area contributed by atoms with Crippen molar-refractivity contribution in [2.45, 2.75) is 32.2 Å². The summed E-state index contributed by atoms with van der Waals surface area (Å²) < 4.78 is 8.13. The van der Waals surface area contributed by atoms with Gasteiger partial charge in [-0.15, -0.1) is 27.8 Å². The van der Waals surface area contributed by atoms with Crippen molar-refractivity contribution in [3.05, 3.63) is 62.7 Å². The fraction of sp³-hybridized carbons (Fsp3) is 0.250. The molecule has 8 nitrogen and oxygen atoms in total. The lowest BCUT2D eigenvalue weighted by atomic mass is 9.97. The van der Waals surface area contributed by atoms with Crippen LogP contribution in [0.2, 0.25) is 0 Å². The van der Waals surface area contributed by atoms with Crippen LogP contribution in [0.3, 0.4) is 0 Å². The Kier molecular flexibility index (Phi) is 5.19. The number of ether oxygens (including phenoxy) is 1. The van der Waals surface area contributed by atoms with Crippen LogP contribution < -0.4 is 15.7 Å². The zero-order valence-corrected chi connectivity index (χ0v) is 20.0. The van der Waals surface area contributed by atoms with E-state index in [1.165, 1.54) is 30.9 Å². The highest BCUT2D eigenvalue weighted by Crippen LogP contribution is 2.38. The first-order valence-electron chi connectivity index (χ1n) is 11.0. The van der Waals surface area contributed by atoms with Crippen molar-refractivity contribution in [3.63, 3.8) is 0 Å². The number of carbonyl (C=O) groups excluding carboxylic acids is 1. The number of aromatic nitrogens is 4. The van der Waals surface area contributed by atoms with E-state index in [1.807, 2.05) is 23.6 Å². The molecule has 0 saturated carbocycles. The van der Waals surface area contributed by atoms with E-state index in [4.69, 9.17) is 9.72 Å². The number of nitrogens with zero attached hydrogens (tertiary/aromatic N) is 4. The SMILES string of the molecule is COc1cccc(NC(=O)Cn2c(=O)n3nc(-c4cccs4)nc3c3c4c(sc32)CCCC4)c1. The summed E-state index contributed by atoms with van der Waals surface area (Å²) in [6, 6.07) is 11.0. The normalized spacial score (nSPS) is 13.3. The molecule has 5 aromatic rings. The smallest absolute Gasteiger partial charge is 0.352 e. The van der Waals surface area contributed by atoms with E-state index in [0.717, 1.165) is 40.8 Å². The largest absolute Gasteiger partial charge is 0.497 e. The number of anilines is 1. The molecular formula is C24H21N5O3S2. The molecule has 4 heterocycles. The first-order chi connectivity index (χ1) is 16.6. The number of rotatable bonds is 5. The molecule has 0 unspecified atom stereocenters. The van der Waals surface area contributed by atoms with Crippen LogP contribution in [0.4, 0.5) is 5.69 Å². The molecule has 4 aromatic heterocycles. The van der Waals surface area contributed by atoms with Gasteiger partial charge in [0.05, 0.1) is 17.4 Å². The van der Waals surface area contributed by atoms with Gasteiger partial charge in [-0.2, -0.15) is 4.52 Å². The highest BCUT2D eigenvalue weighted by Gasteiger charge is 2.25. The molecular weight excluding hydrogens is 470 g/mol. The second-order valence-electron chi connectivity index (χ2n) is 8.19. The van der Waals surface area contributed by atoms with Crippen LogP contribution in [0.25, 0.3) is 26.6 Å². The van der Waals surface area contributed by atoms with Gasteiger partial charge in [0.1, 0.15) is 17.1 Å². The molecule has 1 aliphatic carbocycles. The average Bonchev–Trinajstić information content (AvgIpc) is 3.59. The van der Waals surface area contributed by atoms with Gasteiger partial charge < -0.3 is 10.1 Å². The Morgan fingerprint density at radius 3 is 2.91 bits per heavy atom. The van der Waals surface area contributed by atoms with Crippen LogP contribution in [0.15, 0.2) is 46.6 Å². The molecule has 10 heteroatoms. The molecule has 0 saturated heterocycles. The monoisotopic (exact) mass is 491 g/mol. The summed E-state index contributed by atoms with van der Waals surface area (Å²) in [6.45, 7) is -0.115. The highest BCUT2D eigenvalue weighted by atomic mass is 32.1. The first-order valence-corrected chi connectivity index (χ1v) is 12.7. The number of aryl methyl sites for hydroxylation is 2. The molecule has 1 amide bonds. The maximum Gasteiger partial charge on any atom is 0.352 e. The predicted octanol–water partition coefficient (Wildman–Crippen LogP) is 4.36. The Labute approximate surface area is 202 Å². The lowest BCUT2D eigenvalue weighted by molar-refractivity contribution is -0.116. The van der Waals surface area contributed by atoms with Gasteiger partial charge in [-0.05, 0) is 54.8 Å². The Hall–Kier alpha value is -3.50. The van der Waals surface area contributed by atoms with Crippen molar-refractivity contribution in [1.29, 1.82) is 0 Å². The average molecular weight is 492 g/mol. The van der Waals surface area contributed by atoms with Gasteiger partial charge in [-0.3, -0.25) is 9.36 Å². The van der Waals surface area contributed by atoms with Gasteiger partial charge in [0.2, 0.25) is 5.91 Å². The minimum atomic E-state index is -0.364. The second kappa shape index (κ2) is 8.37. The van der Waals surface area contributed by atoms with Crippen molar-refractivity contribution < 1.29 is 9.53 Å². The number of carbonyl (C=O) groups is 1. The van der Waals surface area contributed by atoms with E-state index in [-0.39, 0.29) is 18.1 Å². The molecule has 172 valence electrons. The number of thiophene rings is 2. The Balaban J connectivity index is 1.49. The zero-order valence-electron chi connectivity index (χ0n) is 18.4. The summed E-state index contributed by atoms with van der Waals surface area (Å²) in [7, 11) is 1.58. The third kappa shape index (κ3) is 3.50. The van der Waals surface area contributed by atoms with Crippen molar-refractivity contribution in [3.8, 4) is 16.5 Å². The number of hydrogen-bond acceptors (Lipinski definition) is 7. The van der Waals surface area contributed by atoms with E-state index in [0.29, 0.717) is 22.9 Å². The van der Waals surface area contributed by atoms with Gasteiger partial charge in [-0.1, -0.05) is 12.1 Å². The first kappa shape index (κ1) is 21.1. The Morgan fingerprint density at radius 1 is 1.21 bits per heavy atom. The maximum atomic E-state index is 13.6. The highest BCUT2D eigenvalue weighted by molar-refractivity contribution is 7.19. The van der Waals surface area contributed by atoms with E-state index in [2.05, 4.69) is 10.4 Å². The fourth-order valence-corrected chi connectivity index (χ4v) is 6.50. The number of benzene rings is 1. The van der Waals surface area contributed by atoms with E-state index < -0.39 is 0 Å². The number of amides is 1. The minimum Gasteiger partial charge on any atom is -0.497 e. The van der Waals surface area contributed by atoms with E-state index in [1.54, 1.807) is 36.6 Å². The van der Waals surface area contributed by atoms with Crippen LogP contribution in [0.5, 0.6) is 5.75 Å². The number of fused-ring (bicyclic) bond motifs is 5. The van der Waals surface area contributed by atoms with Crippen LogP contribution in [0, 0.1) is 0 Å². The standard InChI is InChI=1S/C24H21N5O3S2/c1-32-15-7-4-6-14(12-15)25-19(30)13-28-23-20(16-8-2-3-9-17(16)34-23)22-26-21(18-10-5-11-33-18)27-29(22)24(28)31/h4-7,10-12H,2-3,8-9,13H2,1H3,(H,25,30). The fourth-order valence-electron chi connectivity index (χ4n) is 4.48. The topological polar surface area (TPSA) is 90.5 Å². The molecule has 1 aromatic carbocycles. The molecule has 0 bridgehead atoms. The third-order valence-corrected chi connectivity index (χ3v) is 8.22. The minimum absolute atomic E-state index is 0.115. The summed E-state index contributed by atoms with van der Waals surface area (Å²) in [5, 5.41) is 10.3. The van der Waals surface area contributed by atoms with Crippen molar-refractivity contribution in [2.75, 3.05) is 12.4 Å². The lowest BCUT2D eigenvalue weighted by Gasteiger charge is -2.11. The molecule has 34 heavy (non-hydrogen) atoms. The van der Waals surface area contributed by atoms with Crippen LogP contribution in [-0.4, -0.2) is 32.2 Å². The Morgan fingerprint density at radius 2 is 2.09 bits per heavy atom. The van der Waals surface area contributed by atoms with Crippen molar-refractivity contribution >= 4 is 50.1 Å². The molecule has 6 rings (SSSR count). The van der Waals surface area contributed by atoms with E-state index in [9.17, 15) is 9.59 Å². The number of hydrogen-bond donors (Lipinski definition) is 1. The van der Waals surface area contributed by atoms with Gasteiger partial charge in [0.15, 0.2) is 11.5 Å². The molecule has 0 aliphatic heterocycles. The quantitative estimate of drug-likeness (QED) is 0.395. The lowest BCUT2D eigenvalue weighted by Crippen LogP contribution is -2.32. The van der Waals surface area contributed by atoms with E-state index >= 15 is 0 Å². The van der Waals surface area contributed by atoms with Gasteiger partial charge in [0.25, 0.3) is 0 Å². The van der Waals surface area contributed by atoms with Gasteiger partial charge in [0, 0.05) is 16.6 Å². The van der Waals surface area contributed by atoms with Crippen molar-refractivity contribution in [1.82, 2.24) is 19.2 Å². The van der Waals surface area contributed by atoms with Gasteiger partial charge >= 0.3 is 5.69 Å². The summed E-state index contributed by atoms with van der Waals surface area (Å²) >= 11 is 3.13. The Bertz CT molecular complexity index is 1600. The molecule has 1 N–H and O–H groups in total. The summed E-state index contributed by atoms with van der Waals surface area (Å²) in [5.41, 5.74) is 2.06. The third-order valence-electron chi connectivity index (χ3n) is 6.04.